The second-order valence-electron chi connectivity index (χ2n) is 8.89. The van der Waals surface area contributed by atoms with Crippen LogP contribution in [0, 0.1) is 0 Å². The van der Waals surface area contributed by atoms with E-state index in [4.69, 9.17) is 17.3 Å². The van der Waals surface area contributed by atoms with Crippen molar-refractivity contribution < 1.29 is 14.7 Å². The molecule has 1 aromatic heterocycles. The minimum atomic E-state index is -1.42. The third-order valence-electron chi connectivity index (χ3n) is 6.59. The number of carboxylic acid groups (broad SMARTS) is 1. The number of carboxylic acids is 1. The monoisotopic (exact) mass is 473 g/mol. The lowest BCUT2D eigenvalue weighted by Crippen LogP contribution is -2.59. The van der Waals surface area contributed by atoms with Gasteiger partial charge in [-0.2, -0.15) is 0 Å². The number of carbonyl (C=O) groups excluding carboxylic acids is 1. The molecule has 5 rings (SSSR count). The average molecular weight is 474 g/mol. The maximum absolute atomic E-state index is 13.0. The van der Waals surface area contributed by atoms with Crippen LogP contribution in [0.3, 0.4) is 0 Å². The summed E-state index contributed by atoms with van der Waals surface area (Å²) in [6, 6.07) is 20.3. The lowest BCUT2D eigenvalue weighted by atomic mass is 9.94. The van der Waals surface area contributed by atoms with Crippen LogP contribution in [-0.2, 0) is 28.9 Å². The average Bonchev–Trinajstić information content (AvgIpc) is 3.41. The van der Waals surface area contributed by atoms with Gasteiger partial charge in [-0.25, -0.2) is 4.79 Å². The predicted octanol–water partition coefficient (Wildman–Crippen LogP) is 4.10. The van der Waals surface area contributed by atoms with Gasteiger partial charge in [0.05, 0.1) is 6.04 Å². The van der Waals surface area contributed by atoms with Crippen molar-refractivity contribution in [1.29, 1.82) is 0 Å². The molecule has 6 nitrogen and oxygen atoms in total. The fourth-order valence-electron chi connectivity index (χ4n) is 4.75. The zero-order chi connectivity index (χ0) is 23.9. The summed E-state index contributed by atoms with van der Waals surface area (Å²) in [5, 5.41) is 14.5. The SMILES string of the molecule is NC(Cc1c[nH]c2ccccc12)C(=O)NC1(C(=O)O)Cc2ccc(-c3ccc(Cl)cc3)cc2C1. The molecule has 1 aliphatic carbocycles. The highest BCUT2D eigenvalue weighted by Crippen LogP contribution is 2.34. The number of benzene rings is 3. The molecular formula is C27H24ClN3O3. The van der Waals surface area contributed by atoms with Crippen molar-refractivity contribution in [3.05, 3.63) is 94.6 Å². The Labute approximate surface area is 201 Å². The molecule has 0 saturated carbocycles. The van der Waals surface area contributed by atoms with Gasteiger partial charge in [-0.05, 0) is 52.4 Å². The van der Waals surface area contributed by atoms with Crippen molar-refractivity contribution >= 4 is 34.4 Å². The number of nitrogens with one attached hydrogen (secondary N) is 2. The number of aromatic nitrogens is 1. The molecule has 0 spiro atoms. The quantitative estimate of drug-likeness (QED) is 0.338. The first-order valence-corrected chi connectivity index (χ1v) is 11.5. The lowest BCUT2D eigenvalue weighted by molar-refractivity contribution is -0.147. The lowest BCUT2D eigenvalue weighted by Gasteiger charge is -2.27. The van der Waals surface area contributed by atoms with E-state index < -0.39 is 23.5 Å². The Morgan fingerprint density at radius 2 is 1.74 bits per heavy atom. The van der Waals surface area contributed by atoms with E-state index in [9.17, 15) is 14.7 Å². The van der Waals surface area contributed by atoms with Crippen LogP contribution >= 0.6 is 11.6 Å². The van der Waals surface area contributed by atoms with E-state index >= 15 is 0 Å². The van der Waals surface area contributed by atoms with Crippen LogP contribution in [0.25, 0.3) is 22.0 Å². The van der Waals surface area contributed by atoms with Gasteiger partial charge in [0.15, 0.2) is 0 Å². The molecule has 1 aliphatic rings. The number of aromatic amines is 1. The van der Waals surface area contributed by atoms with E-state index in [1.807, 2.05) is 72.9 Å². The van der Waals surface area contributed by atoms with Crippen molar-refractivity contribution in [2.45, 2.75) is 30.8 Å². The van der Waals surface area contributed by atoms with Crippen LogP contribution in [0.4, 0.5) is 0 Å². The van der Waals surface area contributed by atoms with E-state index in [2.05, 4.69) is 10.3 Å². The van der Waals surface area contributed by atoms with E-state index in [1.165, 1.54) is 0 Å². The van der Waals surface area contributed by atoms with Crippen molar-refractivity contribution in [1.82, 2.24) is 10.3 Å². The highest BCUT2D eigenvalue weighted by molar-refractivity contribution is 6.30. The molecule has 2 atom stereocenters. The number of fused-ring (bicyclic) bond motifs is 2. The fraction of sp³-hybridized carbons (Fsp3) is 0.185. The summed E-state index contributed by atoms with van der Waals surface area (Å²) in [5.74, 6) is -1.54. The van der Waals surface area contributed by atoms with E-state index in [1.54, 1.807) is 0 Å². The Balaban J connectivity index is 1.34. The summed E-state index contributed by atoms with van der Waals surface area (Å²) in [6.07, 6.45) is 2.56. The molecule has 172 valence electrons. The first kappa shape index (κ1) is 22.2. The molecule has 4 aromatic rings. The summed E-state index contributed by atoms with van der Waals surface area (Å²) in [7, 11) is 0. The number of halogens is 1. The number of H-pyrrole nitrogens is 1. The first-order valence-electron chi connectivity index (χ1n) is 11.1. The molecule has 34 heavy (non-hydrogen) atoms. The third-order valence-corrected chi connectivity index (χ3v) is 6.84. The number of nitrogens with two attached hydrogens (primary N) is 1. The van der Waals surface area contributed by atoms with Crippen molar-refractivity contribution in [3.63, 3.8) is 0 Å². The molecule has 0 bridgehead atoms. The molecular weight excluding hydrogens is 450 g/mol. The summed E-state index contributed by atoms with van der Waals surface area (Å²) in [5.41, 5.74) is 10.5. The van der Waals surface area contributed by atoms with Gasteiger partial charge >= 0.3 is 5.97 Å². The van der Waals surface area contributed by atoms with Crippen LogP contribution in [0.1, 0.15) is 16.7 Å². The van der Waals surface area contributed by atoms with Crippen LogP contribution in [0.2, 0.25) is 5.02 Å². The minimum absolute atomic E-state index is 0.199. The molecule has 0 radical (unpaired) electrons. The van der Waals surface area contributed by atoms with Gasteiger partial charge in [0, 0.05) is 35.0 Å². The van der Waals surface area contributed by atoms with Gasteiger partial charge in [0.1, 0.15) is 5.54 Å². The molecule has 0 aliphatic heterocycles. The van der Waals surface area contributed by atoms with Gasteiger partial charge < -0.3 is 21.1 Å². The Kier molecular flexibility index (Phi) is 5.63. The van der Waals surface area contributed by atoms with Gasteiger partial charge in [-0.15, -0.1) is 0 Å². The predicted molar refractivity (Wildman–Crippen MR) is 133 cm³/mol. The molecule has 0 saturated heterocycles. The third kappa shape index (κ3) is 4.06. The normalized spacial score (nSPS) is 17.9. The molecule has 7 heteroatoms. The second kappa shape index (κ2) is 8.63. The first-order chi connectivity index (χ1) is 16.3. The minimum Gasteiger partial charge on any atom is -0.479 e. The summed E-state index contributed by atoms with van der Waals surface area (Å²) >= 11 is 5.99. The van der Waals surface area contributed by atoms with Crippen LogP contribution in [0.15, 0.2) is 72.9 Å². The molecule has 0 fully saturated rings. The number of para-hydroxylation sites is 1. The topological polar surface area (TPSA) is 108 Å². The zero-order valence-electron chi connectivity index (χ0n) is 18.3. The van der Waals surface area contributed by atoms with E-state index in [0.717, 1.165) is 38.7 Å². The maximum Gasteiger partial charge on any atom is 0.330 e. The van der Waals surface area contributed by atoms with Crippen molar-refractivity contribution in [2.75, 3.05) is 0 Å². The Morgan fingerprint density at radius 3 is 2.50 bits per heavy atom. The van der Waals surface area contributed by atoms with Gasteiger partial charge in [-0.1, -0.05) is 60.1 Å². The van der Waals surface area contributed by atoms with Gasteiger partial charge in [0.2, 0.25) is 5.91 Å². The second-order valence-corrected chi connectivity index (χ2v) is 9.33. The van der Waals surface area contributed by atoms with Crippen molar-refractivity contribution in [3.8, 4) is 11.1 Å². The molecule has 1 heterocycles. The van der Waals surface area contributed by atoms with E-state index in [0.29, 0.717) is 11.4 Å². The molecule has 5 N–H and O–H groups in total. The summed E-state index contributed by atoms with van der Waals surface area (Å²) in [4.78, 5) is 28.6. The highest BCUT2D eigenvalue weighted by atomic mass is 35.5. The Hall–Kier alpha value is -3.61. The van der Waals surface area contributed by atoms with Gasteiger partial charge in [-0.3, -0.25) is 4.79 Å². The summed E-state index contributed by atoms with van der Waals surface area (Å²) in [6.45, 7) is 0. The number of hydrogen-bond donors (Lipinski definition) is 4. The fourth-order valence-corrected chi connectivity index (χ4v) is 4.88. The number of carbonyl (C=O) groups is 2. The highest BCUT2D eigenvalue weighted by Gasteiger charge is 2.46. The number of hydrogen-bond acceptors (Lipinski definition) is 3. The maximum atomic E-state index is 13.0. The summed E-state index contributed by atoms with van der Waals surface area (Å²) < 4.78 is 0. The number of amides is 1. The molecule has 2 unspecified atom stereocenters. The smallest absolute Gasteiger partial charge is 0.330 e. The molecule has 1 amide bonds. The number of aliphatic carboxylic acids is 1. The van der Waals surface area contributed by atoms with Crippen LogP contribution in [0.5, 0.6) is 0 Å². The Bertz CT molecular complexity index is 1400. The van der Waals surface area contributed by atoms with Crippen LogP contribution < -0.4 is 11.1 Å². The van der Waals surface area contributed by atoms with E-state index in [-0.39, 0.29) is 12.8 Å². The van der Waals surface area contributed by atoms with Crippen molar-refractivity contribution in [2.24, 2.45) is 5.73 Å². The largest absolute Gasteiger partial charge is 0.479 e. The number of rotatable bonds is 6. The standard InChI is InChI=1S/C27H24ClN3O3/c28-21-9-7-16(8-10-21)17-5-6-18-13-27(26(33)34,14-19(18)11-17)31-25(32)23(29)12-20-15-30-24-4-2-1-3-22(20)24/h1-11,15,23,30H,12-14,29H2,(H,31,32)(H,33,34). The van der Waals surface area contributed by atoms with Gasteiger partial charge in [0.25, 0.3) is 0 Å². The molecule has 3 aromatic carbocycles. The zero-order valence-corrected chi connectivity index (χ0v) is 19.1. The van der Waals surface area contributed by atoms with Crippen LogP contribution in [-0.4, -0.2) is 33.5 Å². The Morgan fingerprint density at radius 1 is 1.03 bits per heavy atom.